The van der Waals surface area contributed by atoms with Crippen LogP contribution in [0.4, 0.5) is 27.4 Å². The lowest BCUT2D eigenvalue weighted by molar-refractivity contribution is 0.0997. The predicted molar refractivity (Wildman–Crippen MR) is 141 cm³/mol. The minimum Gasteiger partial charge on any atom is -0.365 e. The van der Waals surface area contributed by atoms with E-state index >= 15 is 0 Å². The fourth-order valence-corrected chi connectivity index (χ4v) is 4.49. The Hall–Kier alpha value is -4.65. The largest absolute Gasteiger partial charge is 0.365 e. The molecule has 1 fully saturated rings. The summed E-state index contributed by atoms with van der Waals surface area (Å²) in [6.45, 7) is 0. The van der Waals surface area contributed by atoms with Gasteiger partial charge in [0.2, 0.25) is 0 Å². The average molecular weight is 519 g/mol. The Morgan fingerprint density at radius 2 is 1.87 bits per heavy atom. The minimum absolute atomic E-state index is 0.0309. The molecule has 0 aliphatic heterocycles. The second-order valence-electron chi connectivity index (χ2n) is 9.24. The van der Waals surface area contributed by atoms with Crippen LogP contribution in [-0.2, 0) is 7.05 Å². The van der Waals surface area contributed by atoms with Crippen molar-refractivity contribution in [1.29, 1.82) is 0 Å². The van der Waals surface area contributed by atoms with Gasteiger partial charge in [0, 0.05) is 24.7 Å². The molecule has 0 spiro atoms. The molecule has 0 radical (unpaired) electrons. The molecule has 38 heavy (non-hydrogen) atoms. The highest BCUT2D eigenvalue weighted by Crippen LogP contribution is 2.27. The van der Waals surface area contributed by atoms with Gasteiger partial charge in [-0.3, -0.25) is 14.6 Å². The number of nitrogens with one attached hydrogen (secondary N) is 3. The van der Waals surface area contributed by atoms with E-state index in [4.69, 9.17) is 11.5 Å². The van der Waals surface area contributed by atoms with Crippen molar-refractivity contribution < 1.29 is 14.0 Å². The number of hydrogen-bond donors (Lipinski definition) is 5. The van der Waals surface area contributed by atoms with Crippen LogP contribution in [0.3, 0.4) is 0 Å². The summed E-state index contributed by atoms with van der Waals surface area (Å²) >= 11 is 0. The number of carbonyl (C=O) groups excluding carboxylic acids is 2. The molecule has 1 aliphatic carbocycles. The number of benzene rings is 1. The van der Waals surface area contributed by atoms with E-state index in [1.165, 1.54) is 12.4 Å². The standard InChI is InChI=1S/C25H27FN10O2/c1-36-21-7-6-13(8-20(21)34-35-36)25(38)31-15-9-14(11-29-12-15)30-23-16(22(28)37)10-17(26)24(33-23)32-19-5-3-2-4-18(19)27/h6-12,18-19H,2-5,27H2,1H3,(H2,28,37)(H,31,38)(H2,30,32,33)/t18-,19+/m0/s1. The van der Waals surface area contributed by atoms with Gasteiger partial charge in [-0.05, 0) is 43.2 Å². The molecule has 1 saturated carbocycles. The molecule has 13 heteroatoms. The molecule has 1 aliphatic rings. The van der Waals surface area contributed by atoms with E-state index in [0.29, 0.717) is 22.5 Å². The zero-order chi connectivity index (χ0) is 26.8. The van der Waals surface area contributed by atoms with Gasteiger partial charge in [0.05, 0.1) is 34.8 Å². The zero-order valence-corrected chi connectivity index (χ0v) is 20.6. The van der Waals surface area contributed by atoms with Gasteiger partial charge in [-0.25, -0.2) is 14.1 Å². The van der Waals surface area contributed by atoms with Crippen molar-refractivity contribution >= 4 is 45.9 Å². The van der Waals surface area contributed by atoms with Crippen LogP contribution in [0.1, 0.15) is 46.4 Å². The summed E-state index contributed by atoms with van der Waals surface area (Å²) in [5.41, 5.74) is 14.1. The molecular formula is C25H27FN10O2. The van der Waals surface area contributed by atoms with E-state index in [1.807, 2.05) is 0 Å². The number of pyridine rings is 2. The summed E-state index contributed by atoms with van der Waals surface area (Å²) in [5, 5.41) is 16.8. The number of rotatable bonds is 7. The van der Waals surface area contributed by atoms with Gasteiger partial charge in [-0.1, -0.05) is 18.1 Å². The molecule has 3 aromatic heterocycles. The lowest BCUT2D eigenvalue weighted by Crippen LogP contribution is -2.43. The summed E-state index contributed by atoms with van der Waals surface area (Å²) in [5.74, 6) is -1.91. The smallest absolute Gasteiger partial charge is 0.255 e. The van der Waals surface area contributed by atoms with Crippen LogP contribution < -0.4 is 27.4 Å². The summed E-state index contributed by atoms with van der Waals surface area (Å²) in [7, 11) is 1.77. The second-order valence-corrected chi connectivity index (χ2v) is 9.24. The lowest BCUT2D eigenvalue weighted by atomic mass is 9.91. The third-order valence-electron chi connectivity index (χ3n) is 6.51. The molecule has 2 atom stereocenters. The van der Waals surface area contributed by atoms with Crippen molar-refractivity contribution in [2.24, 2.45) is 18.5 Å². The normalized spacial score (nSPS) is 17.2. The molecule has 196 valence electrons. The van der Waals surface area contributed by atoms with Gasteiger partial charge in [0.1, 0.15) is 11.3 Å². The first-order valence-electron chi connectivity index (χ1n) is 12.1. The molecule has 2 amide bonds. The zero-order valence-electron chi connectivity index (χ0n) is 20.6. The Bertz CT molecular complexity index is 1520. The summed E-state index contributed by atoms with van der Waals surface area (Å²) in [6, 6.07) is 7.45. The average Bonchev–Trinajstić information content (AvgIpc) is 3.27. The number of hydrogen-bond acceptors (Lipinski definition) is 9. The minimum atomic E-state index is -0.850. The van der Waals surface area contributed by atoms with Crippen LogP contribution in [0.2, 0.25) is 0 Å². The van der Waals surface area contributed by atoms with Crippen molar-refractivity contribution in [2.45, 2.75) is 37.8 Å². The van der Waals surface area contributed by atoms with Crippen LogP contribution >= 0.6 is 0 Å². The summed E-state index contributed by atoms with van der Waals surface area (Å²) < 4.78 is 16.4. The number of fused-ring (bicyclic) bond motifs is 1. The number of anilines is 4. The second kappa shape index (κ2) is 10.4. The van der Waals surface area contributed by atoms with Crippen molar-refractivity contribution in [3.63, 3.8) is 0 Å². The van der Waals surface area contributed by atoms with Gasteiger partial charge >= 0.3 is 0 Å². The van der Waals surface area contributed by atoms with E-state index in [9.17, 15) is 14.0 Å². The number of carbonyl (C=O) groups is 2. The Morgan fingerprint density at radius 3 is 2.66 bits per heavy atom. The number of aryl methyl sites for hydroxylation is 1. The number of amides is 2. The molecule has 4 aromatic rings. The molecule has 7 N–H and O–H groups in total. The van der Waals surface area contributed by atoms with E-state index in [2.05, 4.69) is 36.2 Å². The van der Waals surface area contributed by atoms with Gasteiger partial charge in [0.15, 0.2) is 11.6 Å². The fraction of sp³-hybridized carbons (Fsp3) is 0.280. The van der Waals surface area contributed by atoms with Gasteiger partial charge in [-0.2, -0.15) is 0 Å². The molecular weight excluding hydrogens is 491 g/mol. The first kappa shape index (κ1) is 25.0. The monoisotopic (exact) mass is 518 g/mol. The number of halogens is 1. The Morgan fingerprint density at radius 1 is 1.08 bits per heavy atom. The molecule has 0 unspecified atom stereocenters. The van der Waals surface area contributed by atoms with Crippen LogP contribution in [0, 0.1) is 5.82 Å². The van der Waals surface area contributed by atoms with Crippen LogP contribution in [0.25, 0.3) is 11.0 Å². The molecule has 0 bridgehead atoms. The number of primary amides is 1. The maximum atomic E-state index is 14.8. The van der Waals surface area contributed by atoms with Crippen LogP contribution in [0.15, 0.2) is 42.7 Å². The molecule has 1 aromatic carbocycles. The summed E-state index contributed by atoms with van der Waals surface area (Å²) in [6.07, 6.45) is 6.57. The van der Waals surface area contributed by atoms with E-state index in [0.717, 1.165) is 37.3 Å². The van der Waals surface area contributed by atoms with Crippen molar-refractivity contribution in [2.75, 3.05) is 16.0 Å². The highest BCUT2D eigenvalue weighted by atomic mass is 19.1. The SMILES string of the molecule is Cn1nnc2cc(C(=O)Nc3cncc(Nc4nc(N[C@@H]5CCCC[C@@H]5N)c(F)cc4C(N)=O)c3)ccc21. The molecule has 0 saturated heterocycles. The highest BCUT2D eigenvalue weighted by Gasteiger charge is 2.24. The number of aromatic nitrogens is 5. The Kier molecular flexibility index (Phi) is 6.83. The lowest BCUT2D eigenvalue weighted by Gasteiger charge is -2.30. The fourth-order valence-electron chi connectivity index (χ4n) is 4.49. The molecule has 3 heterocycles. The van der Waals surface area contributed by atoms with E-state index in [1.54, 1.807) is 36.0 Å². The van der Waals surface area contributed by atoms with E-state index < -0.39 is 11.7 Å². The maximum absolute atomic E-state index is 14.8. The first-order chi connectivity index (χ1) is 18.3. The first-order valence-corrected chi connectivity index (χ1v) is 12.1. The van der Waals surface area contributed by atoms with Crippen molar-refractivity contribution in [1.82, 2.24) is 25.0 Å². The molecule has 5 rings (SSSR count). The third kappa shape index (κ3) is 5.22. The Labute approximate surface area is 217 Å². The van der Waals surface area contributed by atoms with Gasteiger partial charge in [-0.15, -0.1) is 5.10 Å². The number of nitrogens with two attached hydrogens (primary N) is 2. The van der Waals surface area contributed by atoms with Crippen LogP contribution in [-0.4, -0.2) is 48.9 Å². The van der Waals surface area contributed by atoms with Crippen molar-refractivity contribution in [3.05, 3.63) is 59.7 Å². The molecule has 12 nitrogen and oxygen atoms in total. The van der Waals surface area contributed by atoms with Crippen molar-refractivity contribution in [3.8, 4) is 0 Å². The Balaban J connectivity index is 1.36. The van der Waals surface area contributed by atoms with Crippen LogP contribution in [0.5, 0.6) is 0 Å². The van der Waals surface area contributed by atoms with Gasteiger partial charge < -0.3 is 27.4 Å². The topological polar surface area (TPSA) is 179 Å². The quantitative estimate of drug-likeness (QED) is 0.246. The highest BCUT2D eigenvalue weighted by molar-refractivity contribution is 6.06. The maximum Gasteiger partial charge on any atom is 0.255 e. The number of nitrogens with zero attached hydrogens (tertiary/aromatic N) is 5. The summed E-state index contributed by atoms with van der Waals surface area (Å²) in [4.78, 5) is 33.3. The third-order valence-corrected chi connectivity index (χ3v) is 6.51. The predicted octanol–water partition coefficient (Wildman–Crippen LogP) is 2.67. The van der Waals surface area contributed by atoms with Gasteiger partial charge in [0.25, 0.3) is 11.8 Å². The van der Waals surface area contributed by atoms with E-state index in [-0.39, 0.29) is 35.2 Å².